The van der Waals surface area contributed by atoms with Gasteiger partial charge in [0.25, 0.3) is 0 Å². The highest BCUT2D eigenvalue weighted by Crippen LogP contribution is 2.26. The molecule has 6 nitrogen and oxygen atoms in total. The number of rotatable bonds is 5. The Kier molecular flexibility index (Phi) is 5.59. The van der Waals surface area contributed by atoms with E-state index >= 15 is 0 Å². The van der Waals surface area contributed by atoms with E-state index in [0.29, 0.717) is 31.7 Å². The van der Waals surface area contributed by atoms with Crippen molar-refractivity contribution in [3.05, 3.63) is 0 Å². The molecule has 1 aliphatic heterocycles. The molecule has 2 N–H and O–H groups in total. The van der Waals surface area contributed by atoms with E-state index in [9.17, 15) is 14.4 Å². The molecule has 1 atom stereocenters. The molecule has 0 spiro atoms. The van der Waals surface area contributed by atoms with Crippen molar-refractivity contribution >= 4 is 17.8 Å². The molecular weight excluding hydrogens is 272 g/mol. The Morgan fingerprint density at radius 2 is 1.76 bits per heavy atom. The van der Waals surface area contributed by atoms with Crippen molar-refractivity contribution in [3.8, 4) is 0 Å². The summed E-state index contributed by atoms with van der Waals surface area (Å²) in [5.74, 6) is -0.917. The van der Waals surface area contributed by atoms with Crippen LogP contribution in [0.2, 0.25) is 0 Å². The first-order valence-corrected chi connectivity index (χ1v) is 7.87. The van der Waals surface area contributed by atoms with Crippen molar-refractivity contribution in [2.75, 3.05) is 13.1 Å². The number of aliphatic carboxylic acids is 1. The van der Waals surface area contributed by atoms with Crippen LogP contribution < -0.4 is 5.32 Å². The first-order chi connectivity index (χ1) is 10.1. The van der Waals surface area contributed by atoms with Gasteiger partial charge in [0, 0.05) is 13.0 Å². The summed E-state index contributed by atoms with van der Waals surface area (Å²) >= 11 is 0. The SMILES string of the molecule is O=C(CC1CCCCC1)NCC(=O)N1CCC[C@@H]1C(=O)O. The molecule has 2 fully saturated rings. The summed E-state index contributed by atoms with van der Waals surface area (Å²) in [7, 11) is 0. The number of carboxylic acid groups (broad SMARTS) is 1. The van der Waals surface area contributed by atoms with Gasteiger partial charge in [-0.1, -0.05) is 19.3 Å². The molecule has 2 amide bonds. The van der Waals surface area contributed by atoms with E-state index < -0.39 is 12.0 Å². The van der Waals surface area contributed by atoms with Gasteiger partial charge in [-0.05, 0) is 31.6 Å². The van der Waals surface area contributed by atoms with Gasteiger partial charge in [-0.2, -0.15) is 0 Å². The average molecular weight is 296 g/mol. The fraction of sp³-hybridized carbons (Fsp3) is 0.800. The number of hydrogen-bond donors (Lipinski definition) is 2. The van der Waals surface area contributed by atoms with Crippen LogP contribution in [0, 0.1) is 5.92 Å². The van der Waals surface area contributed by atoms with Crippen molar-refractivity contribution in [2.45, 2.75) is 57.4 Å². The van der Waals surface area contributed by atoms with Gasteiger partial charge in [-0.25, -0.2) is 4.79 Å². The van der Waals surface area contributed by atoms with Crippen LogP contribution >= 0.6 is 0 Å². The van der Waals surface area contributed by atoms with E-state index in [4.69, 9.17) is 5.11 Å². The zero-order valence-electron chi connectivity index (χ0n) is 12.3. The number of nitrogens with zero attached hydrogens (tertiary/aromatic N) is 1. The van der Waals surface area contributed by atoms with Crippen LogP contribution in [0.1, 0.15) is 51.4 Å². The standard InChI is InChI=1S/C15H24N2O4/c18-13(9-11-5-2-1-3-6-11)16-10-14(19)17-8-4-7-12(17)15(20)21/h11-12H,1-10H2,(H,16,18)(H,20,21)/t12-/m1/s1. The normalized spacial score (nSPS) is 23.0. The number of nitrogens with one attached hydrogen (secondary N) is 1. The number of hydrogen-bond acceptors (Lipinski definition) is 3. The molecule has 0 radical (unpaired) electrons. The van der Waals surface area contributed by atoms with Gasteiger partial charge in [-0.3, -0.25) is 9.59 Å². The van der Waals surface area contributed by atoms with Gasteiger partial charge in [0.05, 0.1) is 6.54 Å². The Balaban J connectivity index is 1.72. The van der Waals surface area contributed by atoms with Crippen molar-refractivity contribution < 1.29 is 19.5 Å². The van der Waals surface area contributed by atoms with Crippen molar-refractivity contribution in [1.29, 1.82) is 0 Å². The maximum absolute atomic E-state index is 12.0. The summed E-state index contributed by atoms with van der Waals surface area (Å²) in [5, 5.41) is 11.7. The van der Waals surface area contributed by atoms with Crippen LogP contribution in [0.5, 0.6) is 0 Å². The molecule has 21 heavy (non-hydrogen) atoms. The van der Waals surface area contributed by atoms with Gasteiger partial charge in [0.1, 0.15) is 6.04 Å². The van der Waals surface area contributed by atoms with Crippen LogP contribution in [-0.4, -0.2) is 46.9 Å². The Labute approximate surface area is 124 Å². The first-order valence-electron chi connectivity index (χ1n) is 7.87. The van der Waals surface area contributed by atoms with Crippen LogP contribution in [0.3, 0.4) is 0 Å². The maximum Gasteiger partial charge on any atom is 0.326 e. The third-order valence-corrected chi connectivity index (χ3v) is 4.49. The van der Waals surface area contributed by atoms with Crippen LogP contribution in [-0.2, 0) is 14.4 Å². The second kappa shape index (κ2) is 7.43. The quantitative estimate of drug-likeness (QED) is 0.796. The van der Waals surface area contributed by atoms with E-state index in [0.717, 1.165) is 12.8 Å². The maximum atomic E-state index is 12.0. The lowest BCUT2D eigenvalue weighted by Crippen LogP contribution is -2.45. The van der Waals surface area contributed by atoms with Crippen LogP contribution in [0.25, 0.3) is 0 Å². The largest absolute Gasteiger partial charge is 0.480 e. The smallest absolute Gasteiger partial charge is 0.326 e. The lowest BCUT2D eigenvalue weighted by molar-refractivity contribution is -0.148. The second-order valence-corrected chi connectivity index (χ2v) is 6.07. The van der Waals surface area contributed by atoms with Crippen molar-refractivity contribution in [2.24, 2.45) is 5.92 Å². The molecule has 118 valence electrons. The fourth-order valence-electron chi connectivity index (χ4n) is 3.32. The van der Waals surface area contributed by atoms with Gasteiger partial charge < -0.3 is 15.3 Å². The summed E-state index contributed by atoms with van der Waals surface area (Å²) in [5.41, 5.74) is 0. The number of carbonyl (C=O) groups is 3. The van der Waals surface area contributed by atoms with Crippen molar-refractivity contribution in [1.82, 2.24) is 10.2 Å². The summed E-state index contributed by atoms with van der Waals surface area (Å²) in [6.45, 7) is 0.379. The highest BCUT2D eigenvalue weighted by atomic mass is 16.4. The van der Waals surface area contributed by atoms with Crippen molar-refractivity contribution in [3.63, 3.8) is 0 Å². The minimum atomic E-state index is -0.964. The molecule has 0 unspecified atom stereocenters. The summed E-state index contributed by atoms with van der Waals surface area (Å²) in [6.07, 6.45) is 7.49. The lowest BCUT2D eigenvalue weighted by Gasteiger charge is -2.23. The van der Waals surface area contributed by atoms with E-state index in [-0.39, 0.29) is 18.4 Å². The molecule has 0 aromatic carbocycles. The van der Waals surface area contributed by atoms with Gasteiger partial charge >= 0.3 is 5.97 Å². The minimum Gasteiger partial charge on any atom is -0.480 e. The van der Waals surface area contributed by atoms with Crippen LogP contribution in [0.4, 0.5) is 0 Å². The molecule has 0 bridgehead atoms. The molecule has 0 aromatic heterocycles. The van der Waals surface area contributed by atoms with E-state index in [1.54, 1.807) is 0 Å². The Morgan fingerprint density at radius 3 is 2.43 bits per heavy atom. The van der Waals surface area contributed by atoms with Gasteiger partial charge in [0.2, 0.25) is 11.8 Å². The minimum absolute atomic E-state index is 0.0880. The summed E-state index contributed by atoms with van der Waals surface area (Å²) < 4.78 is 0. The second-order valence-electron chi connectivity index (χ2n) is 6.07. The molecule has 2 rings (SSSR count). The number of carboxylic acids is 1. The Morgan fingerprint density at radius 1 is 1.05 bits per heavy atom. The van der Waals surface area contributed by atoms with E-state index in [2.05, 4.69) is 5.32 Å². The predicted octanol–water partition coefficient (Wildman–Crippen LogP) is 1.15. The van der Waals surface area contributed by atoms with E-state index in [1.807, 2.05) is 0 Å². The lowest BCUT2D eigenvalue weighted by atomic mass is 9.87. The zero-order chi connectivity index (χ0) is 15.2. The molecule has 0 aromatic rings. The first kappa shape index (κ1) is 15.8. The molecule has 1 saturated carbocycles. The average Bonchev–Trinajstić information content (AvgIpc) is 2.95. The van der Waals surface area contributed by atoms with Gasteiger partial charge in [0.15, 0.2) is 0 Å². The summed E-state index contributed by atoms with van der Waals surface area (Å²) in [4.78, 5) is 36.3. The zero-order valence-corrected chi connectivity index (χ0v) is 12.3. The third-order valence-electron chi connectivity index (χ3n) is 4.49. The van der Waals surface area contributed by atoms with Gasteiger partial charge in [-0.15, -0.1) is 0 Å². The summed E-state index contributed by atoms with van der Waals surface area (Å²) in [6, 6.07) is -0.729. The monoisotopic (exact) mass is 296 g/mol. The molecule has 2 aliphatic rings. The molecule has 1 heterocycles. The Bertz CT molecular complexity index is 404. The molecular formula is C15H24N2O4. The Hall–Kier alpha value is -1.59. The van der Waals surface area contributed by atoms with E-state index in [1.165, 1.54) is 24.2 Å². The third kappa shape index (κ3) is 4.44. The molecule has 1 aliphatic carbocycles. The molecule has 6 heteroatoms. The molecule has 1 saturated heterocycles. The predicted molar refractivity (Wildman–Crippen MR) is 76.6 cm³/mol. The highest BCUT2D eigenvalue weighted by Gasteiger charge is 2.33. The number of carbonyl (C=O) groups excluding carboxylic acids is 2. The highest BCUT2D eigenvalue weighted by molar-refractivity contribution is 5.88. The number of likely N-dealkylation sites (tertiary alicyclic amines) is 1. The fourth-order valence-corrected chi connectivity index (χ4v) is 3.32. The number of amides is 2. The van der Waals surface area contributed by atoms with Crippen LogP contribution in [0.15, 0.2) is 0 Å². The topological polar surface area (TPSA) is 86.7 Å².